The molecule has 1 heterocycles. The monoisotopic (exact) mass is 254 g/mol. The van der Waals surface area contributed by atoms with Crippen LogP contribution in [0, 0.1) is 0 Å². The second-order valence-corrected chi connectivity index (χ2v) is 3.91. The van der Waals surface area contributed by atoms with Crippen molar-refractivity contribution in [1.82, 2.24) is 0 Å². The number of hydrogen-bond donors (Lipinski definition) is 2. The predicted molar refractivity (Wildman–Crippen MR) is 64.5 cm³/mol. The Morgan fingerprint density at radius 2 is 2.35 bits per heavy atom. The molecule has 5 nitrogen and oxygen atoms in total. The molecule has 0 aromatic heterocycles. The van der Waals surface area contributed by atoms with Gasteiger partial charge in [-0.05, 0) is 18.2 Å². The molecule has 90 valence electrons. The van der Waals surface area contributed by atoms with Crippen molar-refractivity contribution in [2.45, 2.75) is 6.42 Å². The Morgan fingerprint density at radius 1 is 1.53 bits per heavy atom. The summed E-state index contributed by atoms with van der Waals surface area (Å²) in [5.41, 5.74) is 1.16. The Bertz CT molecular complexity index is 462. The Kier molecular flexibility index (Phi) is 3.49. The molecule has 0 spiro atoms. The smallest absolute Gasteiger partial charge is 0.262 e. The van der Waals surface area contributed by atoms with Gasteiger partial charge in [0.15, 0.2) is 6.61 Å². The van der Waals surface area contributed by atoms with E-state index in [1.807, 2.05) is 0 Å². The van der Waals surface area contributed by atoms with Gasteiger partial charge < -0.3 is 15.4 Å². The minimum absolute atomic E-state index is 0.0188. The Hall–Kier alpha value is -1.75. The minimum atomic E-state index is -0.207. The lowest BCUT2D eigenvalue weighted by Crippen LogP contribution is -2.25. The van der Waals surface area contributed by atoms with Gasteiger partial charge in [-0.2, -0.15) is 0 Å². The van der Waals surface area contributed by atoms with E-state index in [0.717, 1.165) is 0 Å². The van der Waals surface area contributed by atoms with E-state index in [2.05, 4.69) is 10.6 Å². The molecule has 6 heteroatoms. The van der Waals surface area contributed by atoms with Gasteiger partial charge in [-0.1, -0.05) is 0 Å². The Labute approximate surface area is 103 Å². The zero-order valence-electron chi connectivity index (χ0n) is 8.96. The zero-order chi connectivity index (χ0) is 12.3. The first-order valence-electron chi connectivity index (χ1n) is 5.11. The first-order chi connectivity index (χ1) is 8.19. The van der Waals surface area contributed by atoms with Gasteiger partial charge in [0, 0.05) is 18.0 Å². The van der Waals surface area contributed by atoms with Crippen LogP contribution in [-0.4, -0.2) is 24.3 Å². The zero-order valence-corrected chi connectivity index (χ0v) is 9.71. The average Bonchev–Trinajstić information content (AvgIpc) is 2.28. The van der Waals surface area contributed by atoms with Crippen LogP contribution in [-0.2, 0) is 9.59 Å². The van der Waals surface area contributed by atoms with Gasteiger partial charge >= 0.3 is 0 Å². The van der Waals surface area contributed by atoms with Gasteiger partial charge in [0.2, 0.25) is 5.91 Å². The second kappa shape index (κ2) is 5.05. The van der Waals surface area contributed by atoms with Crippen molar-refractivity contribution in [3.05, 3.63) is 18.2 Å². The number of alkyl halides is 1. The lowest BCUT2D eigenvalue weighted by molar-refractivity contribution is -0.118. The molecule has 2 amide bonds. The van der Waals surface area contributed by atoms with Gasteiger partial charge in [0.05, 0.1) is 5.69 Å². The number of ether oxygens (including phenoxy) is 1. The lowest BCUT2D eigenvalue weighted by Gasteiger charge is -2.18. The summed E-state index contributed by atoms with van der Waals surface area (Å²) >= 11 is 5.46. The molecule has 0 bridgehead atoms. The van der Waals surface area contributed by atoms with Crippen molar-refractivity contribution in [2.75, 3.05) is 23.1 Å². The largest absolute Gasteiger partial charge is 0.482 e. The van der Waals surface area contributed by atoms with Crippen LogP contribution < -0.4 is 15.4 Å². The van der Waals surface area contributed by atoms with E-state index < -0.39 is 0 Å². The Balaban J connectivity index is 2.13. The molecule has 0 saturated heterocycles. The molecule has 0 unspecified atom stereocenters. The SMILES string of the molecule is O=C(CCCl)Nc1ccc2c(c1)NC(=O)CO2. The molecule has 17 heavy (non-hydrogen) atoms. The lowest BCUT2D eigenvalue weighted by atomic mass is 10.2. The van der Waals surface area contributed by atoms with Crippen LogP contribution in [0.25, 0.3) is 0 Å². The molecule has 0 aliphatic carbocycles. The van der Waals surface area contributed by atoms with E-state index in [-0.39, 0.29) is 30.7 Å². The number of halogens is 1. The topological polar surface area (TPSA) is 67.4 Å². The normalized spacial score (nSPS) is 13.4. The van der Waals surface area contributed by atoms with Crippen molar-refractivity contribution in [2.24, 2.45) is 0 Å². The van der Waals surface area contributed by atoms with Crippen LogP contribution in [0.2, 0.25) is 0 Å². The predicted octanol–water partition coefficient (Wildman–Crippen LogP) is 1.58. The highest BCUT2D eigenvalue weighted by Gasteiger charge is 2.16. The summed E-state index contributed by atoms with van der Waals surface area (Å²) in [6.07, 6.45) is 0.251. The van der Waals surface area contributed by atoms with E-state index in [4.69, 9.17) is 16.3 Å². The molecule has 2 N–H and O–H groups in total. The summed E-state index contributed by atoms with van der Waals surface area (Å²) in [5, 5.41) is 5.34. The highest BCUT2D eigenvalue weighted by Crippen LogP contribution is 2.30. The molecule has 2 rings (SSSR count). The van der Waals surface area contributed by atoms with Crippen molar-refractivity contribution >= 4 is 34.8 Å². The molecule has 0 fully saturated rings. The van der Waals surface area contributed by atoms with E-state index in [1.54, 1.807) is 18.2 Å². The number of amides is 2. The standard InChI is InChI=1S/C11H11ClN2O3/c12-4-3-10(15)13-7-1-2-9-8(5-7)14-11(16)6-17-9/h1-2,5H,3-4,6H2,(H,13,15)(H,14,16). The summed E-state index contributed by atoms with van der Waals surface area (Å²) in [4.78, 5) is 22.5. The number of carbonyl (C=O) groups is 2. The fourth-order valence-corrected chi connectivity index (χ4v) is 1.64. The minimum Gasteiger partial charge on any atom is -0.482 e. The number of hydrogen-bond acceptors (Lipinski definition) is 3. The Morgan fingerprint density at radius 3 is 3.12 bits per heavy atom. The van der Waals surface area contributed by atoms with Gasteiger partial charge in [0.1, 0.15) is 5.75 Å². The molecular formula is C11H11ClN2O3. The van der Waals surface area contributed by atoms with Gasteiger partial charge in [0.25, 0.3) is 5.91 Å². The second-order valence-electron chi connectivity index (χ2n) is 3.53. The molecular weight excluding hydrogens is 244 g/mol. The molecule has 1 aliphatic heterocycles. The van der Waals surface area contributed by atoms with Gasteiger partial charge in [-0.15, -0.1) is 11.6 Å². The van der Waals surface area contributed by atoms with Crippen molar-refractivity contribution in [3.8, 4) is 5.75 Å². The maximum Gasteiger partial charge on any atom is 0.262 e. The maximum absolute atomic E-state index is 11.3. The molecule has 0 atom stereocenters. The quantitative estimate of drug-likeness (QED) is 0.805. The fraction of sp³-hybridized carbons (Fsp3) is 0.273. The number of anilines is 2. The maximum atomic E-state index is 11.3. The fourth-order valence-electron chi connectivity index (χ4n) is 1.47. The number of benzene rings is 1. The number of nitrogens with one attached hydrogen (secondary N) is 2. The van der Waals surface area contributed by atoms with Crippen LogP contribution in [0.15, 0.2) is 18.2 Å². The van der Waals surface area contributed by atoms with E-state index in [0.29, 0.717) is 17.1 Å². The van der Waals surface area contributed by atoms with Crippen molar-refractivity contribution < 1.29 is 14.3 Å². The van der Waals surface area contributed by atoms with Crippen LogP contribution in [0.3, 0.4) is 0 Å². The molecule has 1 aromatic rings. The summed E-state index contributed by atoms with van der Waals surface area (Å²) in [5.74, 6) is 0.501. The molecule has 1 aromatic carbocycles. The highest BCUT2D eigenvalue weighted by molar-refractivity contribution is 6.19. The summed E-state index contributed by atoms with van der Waals surface area (Å²) in [7, 11) is 0. The van der Waals surface area contributed by atoms with Crippen molar-refractivity contribution in [1.29, 1.82) is 0 Å². The van der Waals surface area contributed by atoms with E-state index in [9.17, 15) is 9.59 Å². The van der Waals surface area contributed by atoms with E-state index in [1.165, 1.54) is 0 Å². The van der Waals surface area contributed by atoms with Crippen molar-refractivity contribution in [3.63, 3.8) is 0 Å². The first kappa shape index (κ1) is 11.7. The third kappa shape index (κ3) is 2.88. The summed E-state index contributed by atoms with van der Waals surface area (Å²) in [6.45, 7) is 0.0188. The van der Waals surface area contributed by atoms with Crippen LogP contribution >= 0.6 is 11.6 Å². The molecule has 0 radical (unpaired) electrons. The van der Waals surface area contributed by atoms with Crippen LogP contribution in [0.4, 0.5) is 11.4 Å². The van der Waals surface area contributed by atoms with E-state index >= 15 is 0 Å². The number of rotatable bonds is 3. The third-order valence-electron chi connectivity index (χ3n) is 2.22. The number of fused-ring (bicyclic) bond motifs is 1. The van der Waals surface area contributed by atoms with Gasteiger partial charge in [-0.3, -0.25) is 9.59 Å². The van der Waals surface area contributed by atoms with Gasteiger partial charge in [-0.25, -0.2) is 0 Å². The third-order valence-corrected chi connectivity index (χ3v) is 2.41. The van der Waals surface area contributed by atoms with Crippen LogP contribution in [0.1, 0.15) is 6.42 Å². The van der Waals surface area contributed by atoms with Crippen LogP contribution in [0.5, 0.6) is 5.75 Å². The molecule has 1 aliphatic rings. The summed E-state index contributed by atoms with van der Waals surface area (Å²) < 4.78 is 5.20. The average molecular weight is 255 g/mol. The summed E-state index contributed by atoms with van der Waals surface area (Å²) in [6, 6.07) is 5.06. The first-order valence-corrected chi connectivity index (χ1v) is 5.65. The highest BCUT2D eigenvalue weighted by atomic mass is 35.5. The number of carbonyl (C=O) groups excluding carboxylic acids is 2. The molecule has 0 saturated carbocycles.